The van der Waals surface area contributed by atoms with E-state index in [1.54, 1.807) is 25.1 Å². The number of rotatable bonds is 4. The maximum Gasteiger partial charge on any atom is 0.219 e. The molecule has 0 aliphatic rings. The van der Waals surface area contributed by atoms with Crippen LogP contribution in [0.5, 0.6) is 0 Å². The third-order valence-electron chi connectivity index (χ3n) is 2.21. The minimum atomic E-state index is 0.0778. The van der Waals surface area contributed by atoms with Gasteiger partial charge >= 0.3 is 0 Å². The summed E-state index contributed by atoms with van der Waals surface area (Å²) in [5.74, 6) is 0.931. The van der Waals surface area contributed by atoms with Crippen molar-refractivity contribution < 1.29 is 4.79 Å². The van der Waals surface area contributed by atoms with Gasteiger partial charge < -0.3 is 10.2 Å². The van der Waals surface area contributed by atoms with Crippen molar-refractivity contribution in [3.8, 4) is 0 Å². The molecular formula is C11H17N3O. The van der Waals surface area contributed by atoms with E-state index in [4.69, 9.17) is 0 Å². The average molecular weight is 207 g/mol. The van der Waals surface area contributed by atoms with Crippen molar-refractivity contribution >= 4 is 11.7 Å². The van der Waals surface area contributed by atoms with E-state index >= 15 is 0 Å². The SMILES string of the molecule is CC(=O)N(C)CCNc1cc(C)ccn1. The van der Waals surface area contributed by atoms with Gasteiger partial charge in [0, 0.05) is 33.3 Å². The number of pyridine rings is 1. The van der Waals surface area contributed by atoms with Gasteiger partial charge in [0.05, 0.1) is 0 Å². The third-order valence-corrected chi connectivity index (χ3v) is 2.21. The van der Waals surface area contributed by atoms with Crippen molar-refractivity contribution in [1.82, 2.24) is 9.88 Å². The molecular weight excluding hydrogens is 190 g/mol. The minimum absolute atomic E-state index is 0.0778. The van der Waals surface area contributed by atoms with E-state index in [1.807, 2.05) is 19.1 Å². The first-order valence-electron chi connectivity index (χ1n) is 4.98. The Balaban J connectivity index is 2.35. The summed E-state index contributed by atoms with van der Waals surface area (Å²) in [5, 5.41) is 3.17. The summed E-state index contributed by atoms with van der Waals surface area (Å²) < 4.78 is 0. The molecule has 1 N–H and O–H groups in total. The standard InChI is InChI=1S/C11H17N3O/c1-9-4-5-12-11(8-9)13-6-7-14(3)10(2)15/h4-5,8H,6-7H2,1-3H3,(H,12,13). The molecule has 15 heavy (non-hydrogen) atoms. The van der Waals surface area contributed by atoms with Gasteiger partial charge in [-0.3, -0.25) is 4.79 Å². The molecule has 1 aromatic heterocycles. The second kappa shape index (κ2) is 5.34. The largest absolute Gasteiger partial charge is 0.368 e. The van der Waals surface area contributed by atoms with E-state index in [1.165, 1.54) is 5.56 Å². The third kappa shape index (κ3) is 3.97. The smallest absolute Gasteiger partial charge is 0.219 e. The van der Waals surface area contributed by atoms with Crippen LogP contribution in [-0.4, -0.2) is 35.9 Å². The van der Waals surface area contributed by atoms with Gasteiger partial charge in [-0.2, -0.15) is 0 Å². The lowest BCUT2D eigenvalue weighted by Crippen LogP contribution is -2.29. The molecule has 0 radical (unpaired) electrons. The number of carbonyl (C=O) groups is 1. The minimum Gasteiger partial charge on any atom is -0.368 e. The van der Waals surface area contributed by atoms with Crippen LogP contribution in [0, 0.1) is 6.92 Å². The predicted molar refractivity (Wildman–Crippen MR) is 60.8 cm³/mol. The van der Waals surface area contributed by atoms with Gasteiger partial charge in [0.1, 0.15) is 5.82 Å². The number of anilines is 1. The van der Waals surface area contributed by atoms with Crippen LogP contribution < -0.4 is 5.32 Å². The van der Waals surface area contributed by atoms with Crippen molar-refractivity contribution in [2.45, 2.75) is 13.8 Å². The molecule has 1 heterocycles. The lowest BCUT2D eigenvalue weighted by Gasteiger charge is -2.15. The summed E-state index contributed by atoms with van der Waals surface area (Å²) in [5.41, 5.74) is 1.17. The fourth-order valence-corrected chi connectivity index (χ4v) is 1.14. The Labute approximate surface area is 90.3 Å². The monoisotopic (exact) mass is 207 g/mol. The summed E-state index contributed by atoms with van der Waals surface area (Å²) in [6.45, 7) is 4.98. The molecule has 0 aliphatic heterocycles. The Morgan fingerprint density at radius 2 is 2.33 bits per heavy atom. The molecule has 1 amide bonds. The lowest BCUT2D eigenvalue weighted by atomic mass is 10.3. The summed E-state index contributed by atoms with van der Waals surface area (Å²) >= 11 is 0. The Morgan fingerprint density at radius 3 is 2.93 bits per heavy atom. The highest BCUT2D eigenvalue weighted by molar-refractivity contribution is 5.72. The average Bonchev–Trinajstić information content (AvgIpc) is 2.17. The first-order chi connectivity index (χ1) is 7.09. The number of aromatic nitrogens is 1. The molecule has 0 spiro atoms. The molecule has 4 heteroatoms. The summed E-state index contributed by atoms with van der Waals surface area (Å²) in [4.78, 5) is 16.8. The molecule has 4 nitrogen and oxygen atoms in total. The first kappa shape index (κ1) is 11.5. The Kier molecular flexibility index (Phi) is 4.09. The van der Waals surface area contributed by atoms with Crippen LogP contribution in [0.15, 0.2) is 18.3 Å². The molecule has 0 unspecified atom stereocenters. The Morgan fingerprint density at radius 1 is 1.60 bits per heavy atom. The molecule has 0 saturated carbocycles. The van der Waals surface area contributed by atoms with Gasteiger partial charge in [0.2, 0.25) is 5.91 Å². The van der Waals surface area contributed by atoms with Gasteiger partial charge in [-0.15, -0.1) is 0 Å². The van der Waals surface area contributed by atoms with Crippen LogP contribution in [0.2, 0.25) is 0 Å². The van der Waals surface area contributed by atoms with Crippen LogP contribution in [0.4, 0.5) is 5.82 Å². The van der Waals surface area contributed by atoms with Crippen molar-refractivity contribution in [1.29, 1.82) is 0 Å². The lowest BCUT2D eigenvalue weighted by molar-refractivity contribution is -0.127. The molecule has 1 rings (SSSR count). The van der Waals surface area contributed by atoms with Gasteiger partial charge in [-0.25, -0.2) is 4.98 Å². The van der Waals surface area contributed by atoms with Crippen molar-refractivity contribution in [2.24, 2.45) is 0 Å². The maximum atomic E-state index is 10.9. The number of likely N-dealkylation sites (N-methyl/N-ethyl adjacent to an activating group) is 1. The highest BCUT2D eigenvalue weighted by Crippen LogP contribution is 2.04. The second-order valence-corrected chi connectivity index (χ2v) is 3.59. The normalized spacial score (nSPS) is 9.80. The zero-order valence-corrected chi connectivity index (χ0v) is 9.45. The fourth-order valence-electron chi connectivity index (χ4n) is 1.14. The van der Waals surface area contributed by atoms with E-state index < -0.39 is 0 Å². The fraction of sp³-hybridized carbons (Fsp3) is 0.455. The van der Waals surface area contributed by atoms with Gasteiger partial charge in [-0.1, -0.05) is 0 Å². The highest BCUT2D eigenvalue weighted by Gasteiger charge is 2.00. The Bertz CT molecular complexity index is 338. The molecule has 0 bridgehead atoms. The van der Waals surface area contributed by atoms with E-state index in [0.717, 1.165) is 5.82 Å². The number of hydrogen-bond acceptors (Lipinski definition) is 3. The van der Waals surface area contributed by atoms with Gasteiger partial charge in [-0.05, 0) is 24.6 Å². The van der Waals surface area contributed by atoms with Crippen LogP contribution in [0.25, 0.3) is 0 Å². The number of nitrogens with one attached hydrogen (secondary N) is 1. The van der Waals surface area contributed by atoms with E-state index in [-0.39, 0.29) is 5.91 Å². The molecule has 82 valence electrons. The van der Waals surface area contributed by atoms with E-state index in [2.05, 4.69) is 10.3 Å². The van der Waals surface area contributed by atoms with Gasteiger partial charge in [0.15, 0.2) is 0 Å². The molecule has 1 aromatic rings. The number of hydrogen-bond donors (Lipinski definition) is 1. The van der Waals surface area contributed by atoms with Crippen LogP contribution in [0.3, 0.4) is 0 Å². The molecule has 0 aromatic carbocycles. The summed E-state index contributed by atoms with van der Waals surface area (Å²) in [6, 6.07) is 3.93. The number of carbonyl (C=O) groups excluding carboxylic acids is 1. The van der Waals surface area contributed by atoms with Crippen molar-refractivity contribution in [3.05, 3.63) is 23.9 Å². The molecule has 0 aliphatic carbocycles. The summed E-state index contributed by atoms with van der Waals surface area (Å²) in [7, 11) is 1.79. The Hall–Kier alpha value is -1.58. The first-order valence-corrected chi connectivity index (χ1v) is 4.98. The zero-order chi connectivity index (χ0) is 11.3. The van der Waals surface area contributed by atoms with Crippen LogP contribution in [0.1, 0.15) is 12.5 Å². The van der Waals surface area contributed by atoms with Crippen molar-refractivity contribution in [3.63, 3.8) is 0 Å². The zero-order valence-electron chi connectivity index (χ0n) is 9.45. The van der Waals surface area contributed by atoms with Crippen LogP contribution >= 0.6 is 0 Å². The quantitative estimate of drug-likeness (QED) is 0.809. The maximum absolute atomic E-state index is 10.9. The van der Waals surface area contributed by atoms with Gasteiger partial charge in [0.25, 0.3) is 0 Å². The molecule has 0 atom stereocenters. The van der Waals surface area contributed by atoms with Crippen molar-refractivity contribution in [2.75, 3.05) is 25.5 Å². The second-order valence-electron chi connectivity index (χ2n) is 3.59. The summed E-state index contributed by atoms with van der Waals surface area (Å²) in [6.07, 6.45) is 1.77. The van der Waals surface area contributed by atoms with Crippen LogP contribution in [-0.2, 0) is 4.79 Å². The van der Waals surface area contributed by atoms with E-state index in [0.29, 0.717) is 13.1 Å². The molecule has 0 saturated heterocycles. The number of amides is 1. The van der Waals surface area contributed by atoms with E-state index in [9.17, 15) is 4.79 Å². The number of aryl methyl sites for hydroxylation is 1. The topological polar surface area (TPSA) is 45.2 Å². The predicted octanol–water partition coefficient (Wildman–Crippen LogP) is 1.28. The number of nitrogens with zero attached hydrogens (tertiary/aromatic N) is 2. The highest BCUT2D eigenvalue weighted by atomic mass is 16.2. The molecule has 0 fully saturated rings.